The standard InChI is InChI=1S/C16H24BNO4/c1-11-6-13(17-21-15(2,3)16(4,5)22-17)7-14(18-11)12-8-19-10-20-9-12/h6-7,12H,8-10H2,1-5H3. The Labute approximate surface area is 132 Å². The van der Waals surface area contributed by atoms with Crippen LogP contribution in [-0.4, -0.2) is 43.3 Å². The van der Waals surface area contributed by atoms with Gasteiger partial charge in [-0.25, -0.2) is 0 Å². The highest BCUT2D eigenvalue weighted by atomic mass is 16.7. The fourth-order valence-corrected chi connectivity index (χ4v) is 2.70. The molecule has 0 N–H and O–H groups in total. The first-order valence-corrected chi connectivity index (χ1v) is 7.78. The SMILES string of the molecule is Cc1cc(B2OC(C)(C)C(C)(C)O2)cc(C2COCOC2)n1. The lowest BCUT2D eigenvalue weighted by Gasteiger charge is -2.32. The van der Waals surface area contributed by atoms with Crippen molar-refractivity contribution in [2.45, 2.75) is 51.7 Å². The molecule has 0 spiro atoms. The number of pyridine rings is 1. The molecule has 6 heteroatoms. The highest BCUT2D eigenvalue weighted by Crippen LogP contribution is 2.36. The number of nitrogens with zero attached hydrogens (tertiary/aromatic N) is 1. The Bertz CT molecular complexity index is 539. The van der Waals surface area contributed by atoms with Crippen molar-refractivity contribution < 1.29 is 18.8 Å². The van der Waals surface area contributed by atoms with E-state index in [-0.39, 0.29) is 24.2 Å². The Hall–Kier alpha value is -0.945. The van der Waals surface area contributed by atoms with Crippen molar-refractivity contribution in [2.75, 3.05) is 20.0 Å². The van der Waals surface area contributed by atoms with Gasteiger partial charge in [0.2, 0.25) is 0 Å². The number of ether oxygens (including phenoxy) is 2. The molecule has 1 aromatic rings. The molecule has 120 valence electrons. The fourth-order valence-electron chi connectivity index (χ4n) is 2.70. The predicted octanol–water partition coefficient (Wildman–Crippen LogP) is 1.78. The molecule has 0 radical (unpaired) electrons. The van der Waals surface area contributed by atoms with Gasteiger partial charge in [0.15, 0.2) is 0 Å². The molecule has 5 nitrogen and oxygen atoms in total. The van der Waals surface area contributed by atoms with Gasteiger partial charge in [-0.15, -0.1) is 0 Å². The normalized spacial score (nSPS) is 24.7. The Morgan fingerprint density at radius 2 is 1.64 bits per heavy atom. The summed E-state index contributed by atoms with van der Waals surface area (Å²) in [6.45, 7) is 11.9. The third kappa shape index (κ3) is 2.93. The summed E-state index contributed by atoms with van der Waals surface area (Å²) in [6, 6.07) is 4.08. The molecule has 1 aromatic heterocycles. The van der Waals surface area contributed by atoms with Crippen LogP contribution in [0.4, 0.5) is 0 Å². The minimum Gasteiger partial charge on any atom is -0.399 e. The van der Waals surface area contributed by atoms with Crippen LogP contribution >= 0.6 is 0 Å². The molecule has 0 unspecified atom stereocenters. The second kappa shape index (κ2) is 5.60. The first kappa shape index (κ1) is 15.9. The summed E-state index contributed by atoms with van der Waals surface area (Å²) in [5, 5.41) is 0. The smallest absolute Gasteiger partial charge is 0.399 e. The average molecular weight is 305 g/mol. The molecule has 22 heavy (non-hydrogen) atoms. The second-order valence-electron chi connectivity index (χ2n) is 7.11. The zero-order valence-electron chi connectivity index (χ0n) is 14.0. The van der Waals surface area contributed by atoms with Crippen LogP contribution in [0.1, 0.15) is 45.0 Å². The summed E-state index contributed by atoms with van der Waals surface area (Å²) in [4.78, 5) is 4.63. The first-order chi connectivity index (χ1) is 10.3. The second-order valence-corrected chi connectivity index (χ2v) is 7.11. The van der Waals surface area contributed by atoms with E-state index < -0.39 is 0 Å². The molecule has 2 aliphatic heterocycles. The lowest BCUT2D eigenvalue weighted by atomic mass is 9.78. The molecule has 0 bridgehead atoms. The van der Waals surface area contributed by atoms with Crippen molar-refractivity contribution in [3.05, 3.63) is 23.5 Å². The summed E-state index contributed by atoms with van der Waals surface area (Å²) in [6.07, 6.45) is 0. The molecule has 2 aliphatic rings. The van der Waals surface area contributed by atoms with E-state index in [9.17, 15) is 0 Å². The quantitative estimate of drug-likeness (QED) is 0.780. The highest BCUT2D eigenvalue weighted by molar-refractivity contribution is 6.62. The molecule has 3 heterocycles. The lowest BCUT2D eigenvalue weighted by Crippen LogP contribution is -2.41. The van der Waals surface area contributed by atoms with Gasteiger partial charge in [-0.05, 0) is 52.2 Å². The van der Waals surface area contributed by atoms with E-state index in [0.717, 1.165) is 16.9 Å². The van der Waals surface area contributed by atoms with E-state index in [0.29, 0.717) is 20.0 Å². The van der Waals surface area contributed by atoms with E-state index in [4.69, 9.17) is 18.8 Å². The minimum atomic E-state index is -0.365. The third-order valence-electron chi connectivity index (χ3n) is 4.74. The maximum atomic E-state index is 6.13. The zero-order chi connectivity index (χ0) is 16.0. The van der Waals surface area contributed by atoms with Crippen molar-refractivity contribution >= 4 is 12.6 Å². The van der Waals surface area contributed by atoms with Crippen molar-refractivity contribution in [3.8, 4) is 0 Å². The van der Waals surface area contributed by atoms with E-state index in [1.807, 2.05) is 13.0 Å². The van der Waals surface area contributed by atoms with E-state index in [1.165, 1.54) is 0 Å². The number of aromatic nitrogens is 1. The summed E-state index contributed by atoms with van der Waals surface area (Å²) in [7, 11) is -0.365. The molecule has 3 rings (SSSR count). The van der Waals surface area contributed by atoms with Crippen LogP contribution in [0.3, 0.4) is 0 Å². The molecular weight excluding hydrogens is 281 g/mol. The number of rotatable bonds is 2. The van der Waals surface area contributed by atoms with Crippen LogP contribution in [-0.2, 0) is 18.8 Å². The number of aryl methyl sites for hydroxylation is 1. The predicted molar refractivity (Wildman–Crippen MR) is 84.2 cm³/mol. The van der Waals surface area contributed by atoms with Gasteiger partial charge in [0, 0.05) is 17.3 Å². The van der Waals surface area contributed by atoms with Crippen LogP contribution in [0.2, 0.25) is 0 Å². The molecule has 0 amide bonds. The summed E-state index contributed by atoms with van der Waals surface area (Å²) >= 11 is 0. The number of hydrogen-bond acceptors (Lipinski definition) is 5. The highest BCUT2D eigenvalue weighted by Gasteiger charge is 2.51. The van der Waals surface area contributed by atoms with Crippen molar-refractivity contribution in [3.63, 3.8) is 0 Å². The van der Waals surface area contributed by atoms with Gasteiger partial charge in [-0.2, -0.15) is 0 Å². The molecular formula is C16H24BNO4. The van der Waals surface area contributed by atoms with Gasteiger partial charge in [0.25, 0.3) is 0 Å². The Morgan fingerprint density at radius 1 is 1.05 bits per heavy atom. The third-order valence-corrected chi connectivity index (χ3v) is 4.74. The van der Waals surface area contributed by atoms with Crippen LogP contribution in [0.15, 0.2) is 12.1 Å². The minimum absolute atomic E-state index is 0.162. The molecule has 0 aliphatic carbocycles. The van der Waals surface area contributed by atoms with Gasteiger partial charge in [0.1, 0.15) is 6.79 Å². The monoisotopic (exact) mass is 305 g/mol. The largest absolute Gasteiger partial charge is 0.494 e. The Morgan fingerprint density at radius 3 is 2.23 bits per heavy atom. The molecule has 0 atom stereocenters. The van der Waals surface area contributed by atoms with E-state index >= 15 is 0 Å². The number of hydrogen-bond donors (Lipinski definition) is 0. The van der Waals surface area contributed by atoms with Crippen LogP contribution < -0.4 is 5.46 Å². The van der Waals surface area contributed by atoms with Crippen LogP contribution in [0, 0.1) is 6.92 Å². The van der Waals surface area contributed by atoms with Gasteiger partial charge in [0.05, 0.1) is 24.4 Å². The lowest BCUT2D eigenvalue weighted by molar-refractivity contribution is -0.108. The molecule has 2 fully saturated rings. The summed E-state index contributed by atoms with van der Waals surface area (Å²) in [5.74, 6) is 0.162. The van der Waals surface area contributed by atoms with Crippen molar-refractivity contribution in [1.29, 1.82) is 0 Å². The fraction of sp³-hybridized carbons (Fsp3) is 0.688. The molecule has 2 saturated heterocycles. The maximum Gasteiger partial charge on any atom is 0.494 e. The maximum absolute atomic E-state index is 6.13. The molecule has 0 aromatic carbocycles. The van der Waals surface area contributed by atoms with Gasteiger partial charge < -0.3 is 18.8 Å². The van der Waals surface area contributed by atoms with Gasteiger partial charge in [-0.1, -0.05) is 0 Å². The van der Waals surface area contributed by atoms with E-state index in [2.05, 4.69) is 38.7 Å². The average Bonchev–Trinajstić information content (AvgIpc) is 2.68. The topological polar surface area (TPSA) is 49.8 Å². The van der Waals surface area contributed by atoms with Crippen LogP contribution in [0.5, 0.6) is 0 Å². The van der Waals surface area contributed by atoms with Crippen molar-refractivity contribution in [2.24, 2.45) is 0 Å². The molecule has 0 saturated carbocycles. The van der Waals surface area contributed by atoms with Crippen molar-refractivity contribution in [1.82, 2.24) is 4.98 Å². The summed E-state index contributed by atoms with van der Waals surface area (Å²) < 4.78 is 23.0. The Kier molecular flexibility index (Phi) is 4.06. The Balaban J connectivity index is 1.87. The van der Waals surface area contributed by atoms with E-state index in [1.54, 1.807) is 0 Å². The zero-order valence-corrected chi connectivity index (χ0v) is 14.0. The first-order valence-electron chi connectivity index (χ1n) is 7.78. The van der Waals surface area contributed by atoms with Gasteiger partial charge >= 0.3 is 7.12 Å². The van der Waals surface area contributed by atoms with Gasteiger partial charge in [-0.3, -0.25) is 4.98 Å². The van der Waals surface area contributed by atoms with Crippen LogP contribution in [0.25, 0.3) is 0 Å². The summed E-state index contributed by atoms with van der Waals surface area (Å²) in [5.41, 5.74) is 2.25.